The third kappa shape index (κ3) is 4.40. The molecule has 4 nitrogen and oxygen atoms in total. The van der Waals surface area contributed by atoms with Crippen LogP contribution >= 0.6 is 0 Å². The van der Waals surface area contributed by atoms with Gasteiger partial charge in [-0.3, -0.25) is 9.59 Å². The second-order valence-corrected chi connectivity index (χ2v) is 7.55. The van der Waals surface area contributed by atoms with Crippen LogP contribution in [0.4, 0.5) is 10.1 Å². The number of carbonyl (C=O) groups excluding carboxylic acids is 2. The van der Waals surface area contributed by atoms with E-state index in [0.29, 0.717) is 25.2 Å². The zero-order valence-electron chi connectivity index (χ0n) is 16.5. The number of carbonyl (C=O) groups is 2. The molecule has 0 spiro atoms. The Balaban J connectivity index is 1.44. The van der Waals surface area contributed by atoms with E-state index in [2.05, 4.69) is 5.32 Å². The molecule has 1 aliphatic rings. The molecule has 2 amide bonds. The molecule has 3 aromatic rings. The van der Waals surface area contributed by atoms with Crippen LogP contribution in [-0.4, -0.2) is 24.9 Å². The highest BCUT2D eigenvalue weighted by atomic mass is 19.1. The fourth-order valence-electron chi connectivity index (χ4n) is 3.92. The minimum absolute atomic E-state index is 0.0106. The summed E-state index contributed by atoms with van der Waals surface area (Å²) in [5.41, 5.74) is 2.54. The van der Waals surface area contributed by atoms with Crippen molar-refractivity contribution >= 4 is 17.5 Å². The van der Waals surface area contributed by atoms with Gasteiger partial charge in [-0.25, -0.2) is 4.39 Å². The SMILES string of the molecule is O=C(NCC1CC(=O)N(c2ccc(F)cc2)C1)C(c1ccccc1)c1ccccc1. The van der Waals surface area contributed by atoms with E-state index < -0.39 is 5.92 Å². The molecule has 1 unspecified atom stereocenters. The largest absolute Gasteiger partial charge is 0.355 e. The number of benzene rings is 3. The van der Waals surface area contributed by atoms with Gasteiger partial charge in [0.25, 0.3) is 0 Å². The second kappa shape index (κ2) is 8.91. The first-order chi connectivity index (χ1) is 14.6. The molecule has 1 saturated heterocycles. The summed E-state index contributed by atoms with van der Waals surface area (Å²) in [6.07, 6.45) is 0.360. The Labute approximate surface area is 175 Å². The van der Waals surface area contributed by atoms with Crippen LogP contribution in [0, 0.1) is 11.7 Å². The lowest BCUT2D eigenvalue weighted by Gasteiger charge is -2.20. The number of nitrogens with zero attached hydrogens (tertiary/aromatic N) is 1. The van der Waals surface area contributed by atoms with Gasteiger partial charge >= 0.3 is 0 Å². The quantitative estimate of drug-likeness (QED) is 0.674. The van der Waals surface area contributed by atoms with Crippen molar-refractivity contribution in [2.75, 3.05) is 18.0 Å². The maximum atomic E-state index is 13.2. The smallest absolute Gasteiger partial charge is 0.232 e. The topological polar surface area (TPSA) is 49.4 Å². The first-order valence-electron chi connectivity index (χ1n) is 10.1. The third-order valence-corrected chi connectivity index (χ3v) is 5.44. The molecular formula is C25H23FN2O2. The van der Waals surface area contributed by atoms with Crippen molar-refractivity contribution in [1.82, 2.24) is 5.32 Å². The standard InChI is InChI=1S/C25H23FN2O2/c26-21-11-13-22(14-12-21)28-17-18(15-23(28)29)16-27-25(30)24(19-7-3-1-4-8-19)20-9-5-2-6-10-20/h1-14,18,24H,15-17H2,(H,27,30). The highest BCUT2D eigenvalue weighted by molar-refractivity contribution is 5.96. The van der Waals surface area contributed by atoms with Crippen molar-refractivity contribution in [2.45, 2.75) is 12.3 Å². The summed E-state index contributed by atoms with van der Waals surface area (Å²) in [4.78, 5) is 27.2. The fraction of sp³-hybridized carbons (Fsp3) is 0.200. The first kappa shape index (κ1) is 19.8. The summed E-state index contributed by atoms with van der Waals surface area (Å²) in [6, 6.07) is 25.3. The number of amides is 2. The molecular weight excluding hydrogens is 379 g/mol. The van der Waals surface area contributed by atoms with Crippen LogP contribution in [-0.2, 0) is 9.59 Å². The van der Waals surface area contributed by atoms with E-state index in [4.69, 9.17) is 0 Å². The van der Waals surface area contributed by atoms with Crippen LogP contribution in [0.25, 0.3) is 0 Å². The van der Waals surface area contributed by atoms with E-state index in [1.54, 1.807) is 17.0 Å². The fourth-order valence-corrected chi connectivity index (χ4v) is 3.92. The average molecular weight is 402 g/mol. The highest BCUT2D eigenvalue weighted by Crippen LogP contribution is 2.27. The van der Waals surface area contributed by atoms with E-state index in [0.717, 1.165) is 11.1 Å². The van der Waals surface area contributed by atoms with Gasteiger partial charge in [0.1, 0.15) is 5.82 Å². The zero-order chi connectivity index (χ0) is 20.9. The predicted molar refractivity (Wildman–Crippen MR) is 115 cm³/mol. The Bertz CT molecular complexity index is 967. The maximum absolute atomic E-state index is 13.2. The van der Waals surface area contributed by atoms with Crippen molar-refractivity contribution in [3.8, 4) is 0 Å². The van der Waals surface area contributed by atoms with Gasteiger partial charge in [-0.15, -0.1) is 0 Å². The Kier molecular flexibility index (Phi) is 5.89. The van der Waals surface area contributed by atoms with Crippen molar-refractivity contribution in [3.63, 3.8) is 0 Å². The van der Waals surface area contributed by atoms with Gasteiger partial charge in [0.05, 0.1) is 5.92 Å². The third-order valence-electron chi connectivity index (χ3n) is 5.44. The molecule has 0 aliphatic carbocycles. The van der Waals surface area contributed by atoms with Gasteiger partial charge in [0.15, 0.2) is 0 Å². The van der Waals surface area contributed by atoms with Gasteiger partial charge in [-0.2, -0.15) is 0 Å². The predicted octanol–water partition coefficient (Wildman–Crippen LogP) is 4.13. The van der Waals surface area contributed by atoms with Crippen molar-refractivity contribution < 1.29 is 14.0 Å². The van der Waals surface area contributed by atoms with Crippen LogP contribution in [0.5, 0.6) is 0 Å². The summed E-state index contributed by atoms with van der Waals surface area (Å²) in [5, 5.41) is 3.05. The molecule has 5 heteroatoms. The lowest BCUT2D eigenvalue weighted by atomic mass is 9.90. The number of hydrogen-bond acceptors (Lipinski definition) is 2. The van der Waals surface area contributed by atoms with E-state index in [9.17, 15) is 14.0 Å². The van der Waals surface area contributed by atoms with Crippen LogP contribution in [0.3, 0.4) is 0 Å². The second-order valence-electron chi connectivity index (χ2n) is 7.55. The van der Waals surface area contributed by atoms with Gasteiger partial charge in [0, 0.05) is 31.1 Å². The molecule has 152 valence electrons. The van der Waals surface area contributed by atoms with E-state index in [-0.39, 0.29) is 23.5 Å². The normalized spacial score (nSPS) is 16.1. The summed E-state index contributed by atoms with van der Waals surface area (Å²) < 4.78 is 13.2. The lowest BCUT2D eigenvalue weighted by molar-refractivity contribution is -0.122. The minimum Gasteiger partial charge on any atom is -0.355 e. The van der Waals surface area contributed by atoms with Gasteiger partial charge in [0.2, 0.25) is 11.8 Å². The monoisotopic (exact) mass is 402 g/mol. The van der Waals surface area contributed by atoms with Crippen LogP contribution in [0.1, 0.15) is 23.5 Å². The van der Waals surface area contributed by atoms with Crippen LogP contribution in [0.15, 0.2) is 84.9 Å². The number of hydrogen-bond donors (Lipinski definition) is 1. The summed E-state index contributed by atoms with van der Waals surface area (Å²) in [6.45, 7) is 0.921. The molecule has 1 heterocycles. The summed E-state index contributed by atoms with van der Waals surface area (Å²) >= 11 is 0. The zero-order valence-corrected chi connectivity index (χ0v) is 16.5. The molecule has 0 saturated carbocycles. The maximum Gasteiger partial charge on any atom is 0.232 e. The van der Waals surface area contributed by atoms with Gasteiger partial charge in [-0.1, -0.05) is 60.7 Å². The van der Waals surface area contributed by atoms with Crippen molar-refractivity contribution in [3.05, 3.63) is 102 Å². The Morgan fingerprint density at radius 3 is 2.07 bits per heavy atom. The molecule has 1 atom stereocenters. The number of halogens is 1. The molecule has 30 heavy (non-hydrogen) atoms. The Morgan fingerprint density at radius 1 is 0.933 bits per heavy atom. The summed E-state index contributed by atoms with van der Waals surface area (Å²) in [5.74, 6) is -0.818. The molecule has 0 radical (unpaired) electrons. The van der Waals surface area contributed by atoms with Crippen LogP contribution < -0.4 is 10.2 Å². The van der Waals surface area contributed by atoms with Crippen molar-refractivity contribution in [1.29, 1.82) is 0 Å². The van der Waals surface area contributed by atoms with Gasteiger partial charge < -0.3 is 10.2 Å². The van der Waals surface area contributed by atoms with E-state index >= 15 is 0 Å². The number of anilines is 1. The Morgan fingerprint density at radius 2 is 1.50 bits per heavy atom. The first-order valence-corrected chi connectivity index (χ1v) is 10.1. The van der Waals surface area contributed by atoms with Crippen molar-refractivity contribution in [2.24, 2.45) is 5.92 Å². The molecule has 1 aliphatic heterocycles. The molecule has 0 aromatic heterocycles. The molecule has 1 fully saturated rings. The Hall–Kier alpha value is -3.47. The minimum atomic E-state index is -0.405. The molecule has 4 rings (SSSR count). The van der Waals surface area contributed by atoms with Gasteiger partial charge in [-0.05, 0) is 35.4 Å². The number of nitrogens with one attached hydrogen (secondary N) is 1. The lowest BCUT2D eigenvalue weighted by Crippen LogP contribution is -2.35. The number of rotatable bonds is 6. The van der Waals surface area contributed by atoms with E-state index in [1.165, 1.54) is 12.1 Å². The average Bonchev–Trinajstić information content (AvgIpc) is 3.15. The van der Waals surface area contributed by atoms with Crippen LogP contribution in [0.2, 0.25) is 0 Å². The highest BCUT2D eigenvalue weighted by Gasteiger charge is 2.31. The van der Waals surface area contributed by atoms with E-state index in [1.807, 2.05) is 60.7 Å². The summed E-state index contributed by atoms with van der Waals surface area (Å²) in [7, 11) is 0. The molecule has 0 bridgehead atoms. The molecule has 1 N–H and O–H groups in total. The molecule has 3 aromatic carbocycles.